The van der Waals surface area contributed by atoms with Gasteiger partial charge in [0.05, 0.1) is 0 Å². The van der Waals surface area contributed by atoms with E-state index in [1.807, 2.05) is 28.4 Å². The topological polar surface area (TPSA) is 0 Å². The molecule has 0 unspecified atom stereocenters. The number of hydrogen-bond donors (Lipinski definition) is 0. The van der Waals surface area contributed by atoms with E-state index in [0.29, 0.717) is 0 Å². The summed E-state index contributed by atoms with van der Waals surface area (Å²) in [6.45, 7) is 0. The van der Waals surface area contributed by atoms with Gasteiger partial charge in [0.1, 0.15) is 0 Å². The molecule has 0 heterocycles. The Labute approximate surface area is 209 Å². The molecule has 0 spiro atoms. The van der Waals surface area contributed by atoms with Crippen molar-refractivity contribution in [2.24, 2.45) is 0 Å². The van der Waals surface area contributed by atoms with Crippen molar-refractivity contribution in [1.29, 1.82) is 0 Å². The van der Waals surface area contributed by atoms with Crippen LogP contribution in [0, 0.1) is 7.43 Å². The zero-order valence-corrected chi connectivity index (χ0v) is 22.0. The van der Waals surface area contributed by atoms with E-state index in [1.54, 1.807) is 0 Å². The Morgan fingerprint density at radius 1 is 0.517 bits per heavy atom. The van der Waals surface area contributed by atoms with Crippen LogP contribution in [0.4, 0.5) is 0 Å². The Hall–Kier alpha value is -1.44. The second-order valence-electron chi connectivity index (χ2n) is 5.79. The molecule has 0 amide bonds. The molecule has 29 heavy (non-hydrogen) atoms. The van der Waals surface area contributed by atoms with Crippen LogP contribution in [0.1, 0.15) is 0 Å². The van der Waals surface area contributed by atoms with Crippen LogP contribution in [0.15, 0.2) is 115 Å². The van der Waals surface area contributed by atoms with Crippen molar-refractivity contribution in [2.45, 2.75) is 0 Å². The van der Waals surface area contributed by atoms with Crippen LogP contribution in [-0.2, 0) is 26.2 Å². The van der Waals surface area contributed by atoms with E-state index < -0.39 is 0 Å². The van der Waals surface area contributed by atoms with Gasteiger partial charge in [-0.15, -0.1) is 84.1 Å². The fourth-order valence-electron chi connectivity index (χ4n) is 2.62. The molecule has 0 atom stereocenters. The Morgan fingerprint density at radius 3 is 1.24 bits per heavy atom. The Balaban J connectivity index is 0. The van der Waals surface area contributed by atoms with E-state index in [1.165, 1.54) is 26.7 Å². The van der Waals surface area contributed by atoms with Gasteiger partial charge >= 0.3 is 26.2 Å². The molecule has 2 radical (unpaired) electrons. The molecule has 0 aliphatic heterocycles. The van der Waals surface area contributed by atoms with Crippen molar-refractivity contribution in [3.8, 4) is 0 Å². The van der Waals surface area contributed by atoms with Crippen molar-refractivity contribution in [1.82, 2.24) is 0 Å². The van der Waals surface area contributed by atoms with Crippen LogP contribution >= 0.6 is 24.8 Å². The van der Waals surface area contributed by atoms with Crippen LogP contribution in [0.5, 0.6) is 0 Å². The van der Waals surface area contributed by atoms with Crippen molar-refractivity contribution < 1.29 is 26.2 Å². The predicted molar refractivity (Wildman–Crippen MR) is 135 cm³/mol. The van der Waals surface area contributed by atoms with E-state index in [4.69, 9.17) is 0 Å². The first-order valence-corrected chi connectivity index (χ1v) is 9.11. The molecule has 4 heteroatoms. The molecule has 5 aromatic rings. The first-order chi connectivity index (χ1) is 12.3. The minimum Gasteiger partial charge on any atom is -0.358 e. The molecule has 0 nitrogen and oxygen atoms in total. The van der Waals surface area contributed by atoms with Gasteiger partial charge in [0.25, 0.3) is 0 Å². The van der Waals surface area contributed by atoms with Gasteiger partial charge in [0.15, 0.2) is 0 Å². The van der Waals surface area contributed by atoms with Crippen LogP contribution in [0.25, 0.3) is 21.5 Å². The smallest absolute Gasteiger partial charge is 0.358 e. The third-order valence-electron chi connectivity index (χ3n) is 3.94. The molecule has 0 saturated heterocycles. The van der Waals surface area contributed by atoms with Gasteiger partial charge in [0.2, 0.25) is 0 Å². The largest absolute Gasteiger partial charge is 3.00 e. The maximum absolute atomic E-state index is 2.12. The SMILES string of the molecule is Cl.Cl.[CH3-].[SiH2]c1ccccc1.[Zr+3].c1ccc2[cH-]ccc2c1.c1ccc2[cH-]ccc2c1. The maximum atomic E-state index is 2.12. The molecule has 0 saturated carbocycles. The Kier molecular flexibility index (Phi) is 16.8. The second kappa shape index (κ2) is 16.4. The van der Waals surface area contributed by atoms with Crippen molar-refractivity contribution in [3.05, 3.63) is 123 Å². The van der Waals surface area contributed by atoms with Crippen LogP contribution in [0.2, 0.25) is 0 Å². The van der Waals surface area contributed by atoms with Crippen LogP contribution in [0.3, 0.4) is 0 Å². The van der Waals surface area contributed by atoms with E-state index in [9.17, 15) is 0 Å². The minimum absolute atomic E-state index is 0. The summed E-state index contributed by atoms with van der Waals surface area (Å²) in [6.07, 6.45) is 0. The number of halogens is 2. The van der Waals surface area contributed by atoms with Gasteiger partial charge in [0, 0.05) is 10.2 Å². The zero-order chi connectivity index (χ0) is 17.3. The fourth-order valence-corrected chi connectivity index (χ4v) is 2.89. The molecule has 0 fully saturated rings. The quantitative estimate of drug-likeness (QED) is 0.166. The molecule has 5 rings (SSSR count). The third-order valence-corrected chi connectivity index (χ3v) is 4.41. The van der Waals surface area contributed by atoms with Crippen molar-refractivity contribution in [2.75, 3.05) is 0 Å². The Morgan fingerprint density at radius 2 is 0.897 bits per heavy atom. The monoisotopic (exact) mass is 514 g/mol. The molecule has 0 aromatic heterocycles. The van der Waals surface area contributed by atoms with Crippen molar-refractivity contribution in [3.63, 3.8) is 0 Å². The molecule has 148 valence electrons. The van der Waals surface area contributed by atoms with Gasteiger partial charge in [-0.1, -0.05) is 47.7 Å². The summed E-state index contributed by atoms with van der Waals surface area (Å²) in [5.74, 6) is 0. The van der Waals surface area contributed by atoms with Gasteiger partial charge < -0.3 is 7.43 Å². The summed E-state index contributed by atoms with van der Waals surface area (Å²) in [6, 6.07) is 39.6. The van der Waals surface area contributed by atoms with E-state index >= 15 is 0 Å². The number of hydrogen-bond acceptors (Lipinski definition) is 0. The number of benzene rings is 3. The molecular formula is C25H26Cl2SiZr. The van der Waals surface area contributed by atoms with Crippen LogP contribution in [-0.4, -0.2) is 10.2 Å². The summed E-state index contributed by atoms with van der Waals surface area (Å²) >= 11 is 0. The molecule has 0 aliphatic carbocycles. The average molecular weight is 517 g/mol. The standard InChI is InChI=1S/2C9H7.C6H7Si.CH3.2ClH.Zr/c2*1-2-5-9-7-3-6-8(9)4-1;7-6-4-2-1-3-5-6;;;;/h2*1-7H;1-5H,7H2;1H3;2*1H;/q2*-1;;-1;;;+3. The molecule has 0 N–H and O–H groups in total. The summed E-state index contributed by atoms with van der Waals surface area (Å²) in [4.78, 5) is 0. The second-order valence-corrected chi connectivity index (χ2v) is 6.61. The zero-order valence-electron chi connectivity index (χ0n) is 16.5. The number of fused-ring (bicyclic) bond motifs is 2. The van der Waals surface area contributed by atoms with Gasteiger partial charge in [-0.25, -0.2) is 0 Å². The summed E-state index contributed by atoms with van der Waals surface area (Å²) < 4.78 is 0. The van der Waals surface area contributed by atoms with E-state index in [-0.39, 0.29) is 58.4 Å². The molecule has 5 aromatic carbocycles. The van der Waals surface area contributed by atoms with E-state index in [0.717, 1.165) is 0 Å². The third kappa shape index (κ3) is 9.74. The van der Waals surface area contributed by atoms with Gasteiger partial charge in [-0.3, -0.25) is 0 Å². The maximum Gasteiger partial charge on any atom is 3.00 e. The molecule has 0 bridgehead atoms. The normalized spacial score (nSPS) is 8.45. The summed E-state index contributed by atoms with van der Waals surface area (Å²) in [5, 5.41) is 6.67. The summed E-state index contributed by atoms with van der Waals surface area (Å²) in [5.41, 5.74) is 0. The van der Waals surface area contributed by atoms with Gasteiger partial charge in [-0.2, -0.15) is 35.0 Å². The Bertz CT molecular complexity index is 896. The van der Waals surface area contributed by atoms with E-state index in [2.05, 4.69) is 97.1 Å². The minimum atomic E-state index is 0. The fraction of sp³-hybridized carbons (Fsp3) is 0. The average Bonchev–Trinajstić information content (AvgIpc) is 3.32. The number of rotatable bonds is 0. The van der Waals surface area contributed by atoms with Crippen molar-refractivity contribution >= 4 is 61.8 Å². The molecular weight excluding hydrogens is 490 g/mol. The first kappa shape index (κ1) is 29.8. The van der Waals surface area contributed by atoms with Crippen LogP contribution < -0.4 is 5.19 Å². The van der Waals surface area contributed by atoms with Gasteiger partial charge in [-0.05, 0) is 0 Å². The molecule has 0 aliphatic rings. The first-order valence-electron chi connectivity index (χ1n) is 8.41. The summed E-state index contributed by atoms with van der Waals surface area (Å²) in [7, 11) is 1.90. The predicted octanol–water partition coefficient (Wildman–Crippen LogP) is 6.35.